The minimum Gasteiger partial charge on any atom is -0.481 e. The van der Waals surface area contributed by atoms with Crippen molar-refractivity contribution in [2.24, 2.45) is 5.41 Å². The molecule has 2 rings (SSSR count). The number of aliphatic carboxylic acids is 1. The van der Waals surface area contributed by atoms with E-state index in [-0.39, 0.29) is 36.7 Å². The molecule has 0 unspecified atom stereocenters. The predicted molar refractivity (Wildman–Crippen MR) is 96.2 cm³/mol. The molecule has 1 saturated carbocycles. The van der Waals surface area contributed by atoms with Crippen molar-refractivity contribution >= 4 is 23.5 Å². The van der Waals surface area contributed by atoms with Crippen LogP contribution in [0.25, 0.3) is 0 Å². The first-order chi connectivity index (χ1) is 12.8. The molecule has 9 heteroatoms. The molecular formula is C18H23N3O6. The van der Waals surface area contributed by atoms with Gasteiger partial charge in [0.2, 0.25) is 5.91 Å². The fourth-order valence-electron chi connectivity index (χ4n) is 3.18. The molecule has 0 atom stereocenters. The predicted octanol–water partition coefficient (Wildman–Crippen LogP) is 1.87. The number of carboxylic acid groups (broad SMARTS) is 1. The van der Waals surface area contributed by atoms with Gasteiger partial charge in [-0.3, -0.25) is 24.5 Å². The second kappa shape index (κ2) is 9.11. The standard InChI is InChI=1S/C18H23N3O6/c22-15(20-12-18(17(24)25)9-2-1-3-10-18)8-11-19-16(23)13-4-6-14(7-5-13)21(26)27/h4-7H,1-3,8-12H2,(H,19,23)(H,20,22)(H,24,25). The number of carboxylic acids is 1. The summed E-state index contributed by atoms with van der Waals surface area (Å²) in [6.45, 7) is 0.180. The second-order valence-electron chi connectivity index (χ2n) is 6.73. The topological polar surface area (TPSA) is 139 Å². The van der Waals surface area contributed by atoms with Crippen molar-refractivity contribution in [3.63, 3.8) is 0 Å². The van der Waals surface area contributed by atoms with Gasteiger partial charge in [0.25, 0.3) is 11.6 Å². The smallest absolute Gasteiger partial charge is 0.311 e. The van der Waals surface area contributed by atoms with E-state index in [1.165, 1.54) is 24.3 Å². The van der Waals surface area contributed by atoms with Crippen LogP contribution < -0.4 is 10.6 Å². The van der Waals surface area contributed by atoms with Gasteiger partial charge in [-0.15, -0.1) is 0 Å². The van der Waals surface area contributed by atoms with Crippen LogP contribution >= 0.6 is 0 Å². The van der Waals surface area contributed by atoms with E-state index in [1.807, 2.05) is 0 Å². The number of benzene rings is 1. The molecule has 0 aliphatic heterocycles. The van der Waals surface area contributed by atoms with E-state index >= 15 is 0 Å². The van der Waals surface area contributed by atoms with Gasteiger partial charge >= 0.3 is 5.97 Å². The molecular weight excluding hydrogens is 354 g/mol. The van der Waals surface area contributed by atoms with Crippen LogP contribution in [0.15, 0.2) is 24.3 Å². The number of carbonyl (C=O) groups excluding carboxylic acids is 2. The summed E-state index contributed by atoms with van der Waals surface area (Å²) in [6.07, 6.45) is 3.83. The number of nitrogens with one attached hydrogen (secondary N) is 2. The Morgan fingerprint density at radius 1 is 1.07 bits per heavy atom. The fourth-order valence-corrected chi connectivity index (χ4v) is 3.18. The minimum absolute atomic E-state index is 0.0222. The van der Waals surface area contributed by atoms with Gasteiger partial charge in [0.15, 0.2) is 0 Å². The Morgan fingerprint density at radius 3 is 2.26 bits per heavy atom. The molecule has 1 aromatic rings. The molecule has 2 amide bonds. The first kappa shape index (κ1) is 20.3. The maximum Gasteiger partial charge on any atom is 0.311 e. The Kier molecular flexibility index (Phi) is 6.86. The van der Waals surface area contributed by atoms with Crippen LogP contribution in [0.1, 0.15) is 48.9 Å². The van der Waals surface area contributed by atoms with E-state index in [9.17, 15) is 29.6 Å². The number of amides is 2. The van der Waals surface area contributed by atoms with Gasteiger partial charge in [-0.25, -0.2) is 0 Å². The summed E-state index contributed by atoms with van der Waals surface area (Å²) in [5, 5.41) is 25.3. The molecule has 146 valence electrons. The van der Waals surface area contributed by atoms with Crippen molar-refractivity contribution in [1.82, 2.24) is 10.6 Å². The van der Waals surface area contributed by atoms with Gasteiger partial charge in [0, 0.05) is 37.2 Å². The third-order valence-electron chi connectivity index (χ3n) is 4.87. The van der Waals surface area contributed by atoms with E-state index in [0.717, 1.165) is 19.3 Å². The maximum absolute atomic E-state index is 12.0. The summed E-state index contributed by atoms with van der Waals surface area (Å²) in [6, 6.07) is 5.15. The lowest BCUT2D eigenvalue weighted by Gasteiger charge is -2.33. The highest BCUT2D eigenvalue weighted by Gasteiger charge is 2.39. The lowest BCUT2D eigenvalue weighted by atomic mass is 9.74. The first-order valence-corrected chi connectivity index (χ1v) is 8.87. The number of rotatable bonds is 8. The lowest BCUT2D eigenvalue weighted by Crippen LogP contribution is -2.44. The van der Waals surface area contributed by atoms with Crippen LogP contribution in [0.5, 0.6) is 0 Å². The monoisotopic (exact) mass is 377 g/mol. The molecule has 1 aliphatic carbocycles. The van der Waals surface area contributed by atoms with Crippen molar-refractivity contribution in [2.75, 3.05) is 13.1 Å². The van der Waals surface area contributed by atoms with Crippen LogP contribution in [0, 0.1) is 15.5 Å². The number of non-ortho nitro benzene ring substituents is 1. The average Bonchev–Trinajstić information content (AvgIpc) is 2.67. The van der Waals surface area contributed by atoms with Gasteiger partial charge in [0.1, 0.15) is 0 Å². The van der Waals surface area contributed by atoms with Crippen LogP contribution in [0.3, 0.4) is 0 Å². The zero-order valence-electron chi connectivity index (χ0n) is 14.9. The number of hydrogen-bond donors (Lipinski definition) is 3. The second-order valence-corrected chi connectivity index (χ2v) is 6.73. The Balaban J connectivity index is 1.76. The molecule has 0 radical (unpaired) electrons. The van der Waals surface area contributed by atoms with Crippen LogP contribution in [0.2, 0.25) is 0 Å². The molecule has 0 aromatic heterocycles. The Bertz CT molecular complexity index is 710. The molecule has 1 fully saturated rings. The molecule has 3 N–H and O–H groups in total. The fraction of sp³-hybridized carbons (Fsp3) is 0.500. The molecule has 0 bridgehead atoms. The molecule has 0 spiro atoms. The zero-order valence-corrected chi connectivity index (χ0v) is 14.9. The molecule has 9 nitrogen and oxygen atoms in total. The van der Waals surface area contributed by atoms with Crippen LogP contribution in [0.4, 0.5) is 5.69 Å². The molecule has 0 saturated heterocycles. The normalized spacial score (nSPS) is 15.6. The SMILES string of the molecule is O=C(CCNC(=O)c1ccc([N+](=O)[O-])cc1)NCC1(C(=O)O)CCCCC1. The lowest BCUT2D eigenvalue weighted by molar-refractivity contribution is -0.384. The number of nitro groups is 1. The number of nitrogens with zero attached hydrogens (tertiary/aromatic N) is 1. The highest BCUT2D eigenvalue weighted by Crippen LogP contribution is 2.35. The van der Waals surface area contributed by atoms with Gasteiger partial charge in [-0.05, 0) is 25.0 Å². The van der Waals surface area contributed by atoms with Crippen molar-refractivity contribution in [2.45, 2.75) is 38.5 Å². The van der Waals surface area contributed by atoms with Crippen LogP contribution in [-0.4, -0.2) is 40.9 Å². The van der Waals surface area contributed by atoms with E-state index in [4.69, 9.17) is 0 Å². The highest BCUT2D eigenvalue weighted by atomic mass is 16.6. The Morgan fingerprint density at radius 2 is 1.70 bits per heavy atom. The molecule has 27 heavy (non-hydrogen) atoms. The third kappa shape index (κ3) is 5.50. The van der Waals surface area contributed by atoms with Crippen molar-refractivity contribution in [1.29, 1.82) is 0 Å². The van der Waals surface area contributed by atoms with E-state index in [0.29, 0.717) is 12.8 Å². The summed E-state index contributed by atoms with van der Waals surface area (Å²) < 4.78 is 0. The maximum atomic E-state index is 12.0. The van der Waals surface area contributed by atoms with Gasteiger partial charge < -0.3 is 15.7 Å². The molecule has 1 aliphatic rings. The largest absolute Gasteiger partial charge is 0.481 e. The summed E-state index contributed by atoms with van der Waals surface area (Å²) in [7, 11) is 0. The first-order valence-electron chi connectivity index (χ1n) is 8.87. The van der Waals surface area contributed by atoms with E-state index < -0.39 is 22.2 Å². The molecule has 1 aromatic carbocycles. The van der Waals surface area contributed by atoms with Crippen molar-refractivity contribution in [3.8, 4) is 0 Å². The van der Waals surface area contributed by atoms with E-state index in [2.05, 4.69) is 10.6 Å². The quantitative estimate of drug-likeness (QED) is 0.467. The van der Waals surface area contributed by atoms with Crippen molar-refractivity contribution < 1.29 is 24.4 Å². The summed E-state index contributed by atoms with van der Waals surface area (Å²) in [4.78, 5) is 45.5. The number of nitro benzene ring substituents is 1. The van der Waals surface area contributed by atoms with Gasteiger partial charge in [-0.2, -0.15) is 0 Å². The van der Waals surface area contributed by atoms with Crippen LogP contribution in [-0.2, 0) is 9.59 Å². The molecule has 0 heterocycles. The average molecular weight is 377 g/mol. The van der Waals surface area contributed by atoms with Gasteiger partial charge in [-0.1, -0.05) is 19.3 Å². The Hall–Kier alpha value is -2.97. The van der Waals surface area contributed by atoms with Gasteiger partial charge in [0.05, 0.1) is 10.3 Å². The summed E-state index contributed by atoms with van der Waals surface area (Å²) in [5.74, 6) is -1.65. The minimum atomic E-state index is -0.893. The zero-order chi connectivity index (χ0) is 19.9. The number of carbonyl (C=O) groups is 3. The summed E-state index contributed by atoms with van der Waals surface area (Å²) in [5.41, 5.74) is -0.746. The van der Waals surface area contributed by atoms with E-state index in [1.54, 1.807) is 0 Å². The van der Waals surface area contributed by atoms with Crippen molar-refractivity contribution in [3.05, 3.63) is 39.9 Å². The third-order valence-corrected chi connectivity index (χ3v) is 4.87. The summed E-state index contributed by atoms with van der Waals surface area (Å²) >= 11 is 0. The highest BCUT2D eigenvalue weighted by molar-refractivity contribution is 5.94. The number of hydrogen-bond acceptors (Lipinski definition) is 5. The Labute approximate surface area is 156 Å².